The molecule has 0 saturated carbocycles. The van der Waals surface area contributed by atoms with E-state index < -0.39 is 0 Å². The van der Waals surface area contributed by atoms with Crippen LogP contribution in [0.5, 0.6) is 0 Å². The van der Waals surface area contributed by atoms with Crippen LogP contribution in [0.1, 0.15) is 41.4 Å². The van der Waals surface area contributed by atoms with Crippen molar-refractivity contribution >= 4 is 5.91 Å². The van der Waals surface area contributed by atoms with E-state index in [2.05, 4.69) is 20.8 Å². The summed E-state index contributed by atoms with van der Waals surface area (Å²) in [4.78, 5) is 11.5. The van der Waals surface area contributed by atoms with Gasteiger partial charge in [-0.25, -0.2) is 0 Å². The number of rotatable bonds is 2. The van der Waals surface area contributed by atoms with E-state index >= 15 is 0 Å². The first-order chi connectivity index (χ1) is 7.33. The van der Waals surface area contributed by atoms with E-state index in [1.165, 1.54) is 12.8 Å². The number of carbonyl (C=O) groups excluding carboxylic acids is 1. The third-order valence-corrected chi connectivity index (χ3v) is 2.80. The zero-order valence-corrected chi connectivity index (χ0v) is 8.84. The Kier molecular flexibility index (Phi) is 3.01. The molecule has 0 radical (unpaired) electrons. The first-order valence-electron chi connectivity index (χ1n) is 5.31. The van der Waals surface area contributed by atoms with Gasteiger partial charge in [0.05, 0.1) is 17.5 Å². The highest BCUT2D eigenvalue weighted by atomic mass is 16.1. The number of carbonyl (C=O) groups is 1. The molecule has 1 aromatic rings. The molecule has 82 valence electrons. The van der Waals surface area contributed by atoms with Gasteiger partial charge >= 0.3 is 0 Å². The molecule has 15 heavy (non-hydrogen) atoms. The van der Waals surface area contributed by atoms with E-state index in [0.717, 1.165) is 18.7 Å². The van der Waals surface area contributed by atoms with Gasteiger partial charge in [0.25, 0.3) is 5.91 Å². The maximum atomic E-state index is 11.5. The standard InChI is InChI=1S/C10H16N4O/c1-11-10(15)7-6-13-14-9(7)8-4-2-3-5-12-8/h6,8,12H,2-5H2,1H3,(H,11,15)(H,13,14). The molecule has 0 aliphatic carbocycles. The van der Waals surface area contributed by atoms with Gasteiger partial charge in [-0.05, 0) is 19.4 Å². The fraction of sp³-hybridized carbons (Fsp3) is 0.600. The lowest BCUT2D eigenvalue weighted by Gasteiger charge is -2.22. The molecule has 1 amide bonds. The molecule has 1 aliphatic heterocycles. The molecule has 5 nitrogen and oxygen atoms in total. The second-order valence-electron chi connectivity index (χ2n) is 3.78. The van der Waals surface area contributed by atoms with Crippen molar-refractivity contribution in [3.05, 3.63) is 17.5 Å². The van der Waals surface area contributed by atoms with Crippen LogP contribution >= 0.6 is 0 Å². The molecule has 1 unspecified atom stereocenters. The Morgan fingerprint density at radius 2 is 2.47 bits per heavy atom. The van der Waals surface area contributed by atoms with Gasteiger partial charge in [-0.2, -0.15) is 5.10 Å². The largest absolute Gasteiger partial charge is 0.355 e. The van der Waals surface area contributed by atoms with Gasteiger partial charge in [0.2, 0.25) is 0 Å². The Morgan fingerprint density at radius 1 is 1.60 bits per heavy atom. The Hall–Kier alpha value is -1.36. The summed E-state index contributed by atoms with van der Waals surface area (Å²) in [5.41, 5.74) is 1.56. The smallest absolute Gasteiger partial charge is 0.254 e. The Bertz CT molecular complexity index is 341. The van der Waals surface area contributed by atoms with Crippen LogP contribution in [0.2, 0.25) is 0 Å². The molecule has 1 aromatic heterocycles. The first kappa shape index (κ1) is 10.2. The molecule has 2 rings (SSSR count). The molecule has 1 atom stereocenters. The summed E-state index contributed by atoms with van der Waals surface area (Å²) in [6, 6.07) is 0.244. The normalized spacial score (nSPS) is 21.3. The van der Waals surface area contributed by atoms with Crippen molar-refractivity contribution < 1.29 is 4.79 Å². The van der Waals surface area contributed by atoms with E-state index in [-0.39, 0.29) is 11.9 Å². The van der Waals surface area contributed by atoms with Crippen LogP contribution < -0.4 is 10.6 Å². The van der Waals surface area contributed by atoms with Crippen LogP contribution in [0.15, 0.2) is 6.20 Å². The molecule has 0 aromatic carbocycles. The zero-order chi connectivity index (χ0) is 10.7. The predicted octanol–water partition coefficient (Wildman–Crippen LogP) is 0.584. The van der Waals surface area contributed by atoms with Gasteiger partial charge in [-0.1, -0.05) is 6.42 Å². The number of amides is 1. The van der Waals surface area contributed by atoms with E-state index in [0.29, 0.717) is 5.56 Å². The quantitative estimate of drug-likeness (QED) is 0.666. The highest BCUT2D eigenvalue weighted by Gasteiger charge is 2.22. The Morgan fingerprint density at radius 3 is 3.13 bits per heavy atom. The second-order valence-corrected chi connectivity index (χ2v) is 3.78. The fourth-order valence-electron chi connectivity index (χ4n) is 1.98. The topological polar surface area (TPSA) is 69.8 Å². The van der Waals surface area contributed by atoms with Crippen molar-refractivity contribution in [2.45, 2.75) is 25.3 Å². The summed E-state index contributed by atoms with van der Waals surface area (Å²) in [6.45, 7) is 1.01. The fourth-order valence-corrected chi connectivity index (χ4v) is 1.98. The molecule has 0 bridgehead atoms. The molecular weight excluding hydrogens is 192 g/mol. The molecule has 3 N–H and O–H groups in total. The number of piperidine rings is 1. The van der Waals surface area contributed by atoms with Crippen LogP contribution in [0.4, 0.5) is 0 Å². The summed E-state index contributed by atoms with van der Waals surface area (Å²) in [7, 11) is 1.63. The lowest BCUT2D eigenvalue weighted by molar-refractivity contribution is 0.0961. The minimum atomic E-state index is -0.0777. The van der Waals surface area contributed by atoms with E-state index in [1.54, 1.807) is 13.2 Å². The summed E-state index contributed by atoms with van der Waals surface area (Å²) >= 11 is 0. The van der Waals surface area contributed by atoms with E-state index in [1.807, 2.05) is 0 Å². The lowest BCUT2D eigenvalue weighted by atomic mass is 9.99. The van der Waals surface area contributed by atoms with Crippen molar-refractivity contribution in [1.82, 2.24) is 20.8 Å². The van der Waals surface area contributed by atoms with Crippen LogP contribution in [0.3, 0.4) is 0 Å². The molecule has 2 heterocycles. The summed E-state index contributed by atoms with van der Waals surface area (Å²) < 4.78 is 0. The number of H-pyrrole nitrogens is 1. The SMILES string of the molecule is CNC(=O)c1cn[nH]c1C1CCCCN1. The van der Waals surface area contributed by atoms with Gasteiger partial charge < -0.3 is 10.6 Å². The van der Waals surface area contributed by atoms with E-state index in [9.17, 15) is 4.79 Å². The van der Waals surface area contributed by atoms with Crippen molar-refractivity contribution in [3.8, 4) is 0 Å². The number of hydrogen-bond donors (Lipinski definition) is 3. The molecule has 0 spiro atoms. The van der Waals surface area contributed by atoms with Crippen molar-refractivity contribution in [1.29, 1.82) is 0 Å². The Labute approximate surface area is 88.6 Å². The average Bonchev–Trinajstić information content (AvgIpc) is 2.78. The van der Waals surface area contributed by atoms with Crippen LogP contribution in [0.25, 0.3) is 0 Å². The zero-order valence-electron chi connectivity index (χ0n) is 8.84. The van der Waals surface area contributed by atoms with Crippen molar-refractivity contribution in [2.24, 2.45) is 0 Å². The summed E-state index contributed by atoms with van der Waals surface area (Å²) in [5.74, 6) is -0.0777. The molecule has 1 fully saturated rings. The minimum Gasteiger partial charge on any atom is -0.355 e. The van der Waals surface area contributed by atoms with Gasteiger partial charge in [-0.15, -0.1) is 0 Å². The average molecular weight is 208 g/mol. The minimum absolute atomic E-state index is 0.0777. The second kappa shape index (κ2) is 4.44. The third-order valence-electron chi connectivity index (χ3n) is 2.80. The monoisotopic (exact) mass is 208 g/mol. The summed E-state index contributed by atoms with van der Waals surface area (Å²) in [6.07, 6.45) is 5.06. The van der Waals surface area contributed by atoms with Gasteiger partial charge in [0.1, 0.15) is 0 Å². The lowest BCUT2D eigenvalue weighted by Crippen LogP contribution is -2.29. The van der Waals surface area contributed by atoms with Crippen LogP contribution in [-0.2, 0) is 0 Å². The number of hydrogen-bond acceptors (Lipinski definition) is 3. The maximum Gasteiger partial charge on any atom is 0.254 e. The number of nitrogens with one attached hydrogen (secondary N) is 3. The van der Waals surface area contributed by atoms with Crippen molar-refractivity contribution in [3.63, 3.8) is 0 Å². The molecule has 1 saturated heterocycles. The van der Waals surface area contributed by atoms with Gasteiger partial charge in [-0.3, -0.25) is 9.89 Å². The highest BCUT2D eigenvalue weighted by Crippen LogP contribution is 2.23. The van der Waals surface area contributed by atoms with Gasteiger partial charge in [0, 0.05) is 13.1 Å². The number of aromatic amines is 1. The predicted molar refractivity (Wildman–Crippen MR) is 56.6 cm³/mol. The van der Waals surface area contributed by atoms with E-state index in [4.69, 9.17) is 0 Å². The third kappa shape index (κ3) is 2.02. The van der Waals surface area contributed by atoms with Crippen molar-refractivity contribution in [2.75, 3.05) is 13.6 Å². The van der Waals surface area contributed by atoms with Crippen LogP contribution in [0, 0.1) is 0 Å². The summed E-state index contributed by atoms with van der Waals surface area (Å²) in [5, 5.41) is 12.9. The van der Waals surface area contributed by atoms with Crippen LogP contribution in [-0.4, -0.2) is 29.7 Å². The molecule has 5 heteroatoms. The maximum absolute atomic E-state index is 11.5. The highest BCUT2D eigenvalue weighted by molar-refractivity contribution is 5.94. The Balaban J connectivity index is 2.19. The first-order valence-corrected chi connectivity index (χ1v) is 5.31. The molecule has 1 aliphatic rings. The number of nitrogens with zero attached hydrogens (tertiary/aromatic N) is 1. The molecular formula is C10H16N4O. The number of aromatic nitrogens is 2. The van der Waals surface area contributed by atoms with Gasteiger partial charge in [0.15, 0.2) is 0 Å².